The number of alkyl halides is 5. The topological polar surface area (TPSA) is 90.0 Å². The maximum atomic E-state index is 15.4. The van der Waals surface area contributed by atoms with Crippen LogP contribution >= 0.6 is 0 Å². The van der Waals surface area contributed by atoms with Crippen molar-refractivity contribution < 1.29 is 45.1 Å². The van der Waals surface area contributed by atoms with Gasteiger partial charge in [-0.25, -0.2) is 27.3 Å². The molecule has 2 N–H and O–H groups in total. The molecule has 3 heterocycles. The third-order valence-corrected chi connectivity index (χ3v) is 9.01. The summed E-state index contributed by atoms with van der Waals surface area (Å²) in [5.41, 5.74) is -1.99. The number of anilines is 2. The standard InChI is InChI=1S/C30H35F7N6O3/c1-41-9-11-42(12-10-41)22-7-8-38-27(24(22)30(35,36)37)43-15-19(23-20(31)13-18(46-2)14-21(23)32)25(28(43)44)40-29(45)39-17-5-3-16(4-6-17)26(33)34/h7-8,13-14,16-17,19,25-26H,3-6,9-12,15H2,1-2H3,(H2,39,40,45)/t16-,17-,19-,25?/m0/s1. The highest BCUT2D eigenvalue weighted by Gasteiger charge is 2.49. The Morgan fingerprint density at radius 2 is 1.65 bits per heavy atom. The van der Waals surface area contributed by atoms with E-state index in [-0.39, 0.29) is 50.2 Å². The van der Waals surface area contributed by atoms with Crippen LogP contribution in [0.25, 0.3) is 0 Å². The summed E-state index contributed by atoms with van der Waals surface area (Å²) >= 11 is 0. The molecule has 5 rings (SSSR count). The number of nitrogens with zero attached hydrogens (tertiary/aromatic N) is 4. The van der Waals surface area contributed by atoms with E-state index in [9.17, 15) is 31.5 Å². The first kappa shape index (κ1) is 33.5. The van der Waals surface area contributed by atoms with Gasteiger partial charge in [-0.15, -0.1) is 0 Å². The predicted octanol–water partition coefficient (Wildman–Crippen LogP) is 4.76. The first-order valence-corrected chi connectivity index (χ1v) is 15.0. The summed E-state index contributed by atoms with van der Waals surface area (Å²) in [6.45, 7) is 0.934. The Balaban J connectivity index is 1.49. The maximum absolute atomic E-state index is 15.4. The maximum Gasteiger partial charge on any atom is 0.421 e. The molecule has 9 nitrogen and oxygen atoms in total. The molecule has 3 aliphatic rings. The number of hydrogen-bond acceptors (Lipinski definition) is 6. The Bertz CT molecular complexity index is 1410. The second kappa shape index (κ2) is 13.5. The van der Waals surface area contributed by atoms with E-state index in [1.54, 1.807) is 4.90 Å². The number of carbonyl (C=O) groups is 2. The lowest BCUT2D eigenvalue weighted by Gasteiger charge is -2.36. The summed E-state index contributed by atoms with van der Waals surface area (Å²) in [6.07, 6.45) is -5.49. The van der Waals surface area contributed by atoms with E-state index < -0.39 is 83.6 Å². The number of hydrogen-bond donors (Lipinski definition) is 2. The Hall–Kier alpha value is -3.82. The average molecular weight is 661 g/mol. The van der Waals surface area contributed by atoms with Crippen molar-refractivity contribution in [1.82, 2.24) is 20.5 Å². The van der Waals surface area contributed by atoms with E-state index in [0.717, 1.165) is 18.3 Å². The van der Waals surface area contributed by atoms with Crippen LogP contribution in [0.15, 0.2) is 24.4 Å². The van der Waals surface area contributed by atoms with Gasteiger partial charge in [0.25, 0.3) is 5.91 Å². The number of ether oxygens (including phenoxy) is 1. The molecule has 16 heteroatoms. The zero-order valence-electron chi connectivity index (χ0n) is 25.2. The van der Waals surface area contributed by atoms with Gasteiger partial charge in [0.15, 0.2) is 0 Å². The van der Waals surface area contributed by atoms with Crippen LogP contribution in [0.5, 0.6) is 5.75 Å². The molecular weight excluding hydrogens is 625 g/mol. The number of carbonyl (C=O) groups excluding carboxylic acids is 2. The fourth-order valence-electron chi connectivity index (χ4n) is 6.49. The lowest BCUT2D eigenvalue weighted by Crippen LogP contribution is -2.51. The van der Waals surface area contributed by atoms with E-state index in [0.29, 0.717) is 18.0 Å². The number of nitrogens with one attached hydrogen (secondary N) is 2. The molecule has 46 heavy (non-hydrogen) atoms. The van der Waals surface area contributed by atoms with Crippen LogP contribution in [0.3, 0.4) is 0 Å². The smallest absolute Gasteiger partial charge is 0.421 e. The van der Waals surface area contributed by atoms with Gasteiger partial charge in [0.05, 0.1) is 12.8 Å². The van der Waals surface area contributed by atoms with E-state index >= 15 is 8.78 Å². The molecule has 3 fully saturated rings. The van der Waals surface area contributed by atoms with Crippen molar-refractivity contribution in [3.8, 4) is 5.75 Å². The molecule has 1 saturated carbocycles. The molecular formula is C30H35F7N6O3. The number of benzene rings is 1. The number of urea groups is 1. The lowest BCUT2D eigenvalue weighted by atomic mass is 9.86. The van der Waals surface area contributed by atoms with Gasteiger partial charge in [-0.05, 0) is 38.8 Å². The SMILES string of the molecule is COc1cc(F)c([C@@H]2CN(c3nccc(N4CCN(C)CC4)c3C(F)(F)F)C(=O)C2NC(=O)N[C@H]2CC[C@H](C(F)F)CC2)c(F)c1. The van der Waals surface area contributed by atoms with Crippen molar-refractivity contribution in [3.05, 3.63) is 47.2 Å². The Morgan fingerprint density at radius 3 is 2.22 bits per heavy atom. The summed E-state index contributed by atoms with van der Waals surface area (Å²) in [6, 6.07) is -0.158. The van der Waals surface area contributed by atoms with Crippen molar-refractivity contribution >= 4 is 23.4 Å². The second-order valence-electron chi connectivity index (χ2n) is 11.9. The van der Waals surface area contributed by atoms with Gasteiger partial charge in [0.1, 0.15) is 34.8 Å². The molecule has 0 radical (unpaired) electrons. The van der Waals surface area contributed by atoms with Crippen molar-refractivity contribution in [2.45, 2.75) is 56.3 Å². The number of amides is 3. The number of methoxy groups -OCH3 is 1. The highest BCUT2D eigenvalue weighted by atomic mass is 19.4. The van der Waals surface area contributed by atoms with Crippen molar-refractivity contribution in [2.24, 2.45) is 5.92 Å². The fourth-order valence-corrected chi connectivity index (χ4v) is 6.49. The van der Waals surface area contributed by atoms with Gasteiger partial charge in [0, 0.05) is 74.5 Å². The summed E-state index contributed by atoms with van der Waals surface area (Å²) in [5.74, 6) is -6.47. The van der Waals surface area contributed by atoms with Crippen LogP contribution in [0.2, 0.25) is 0 Å². The van der Waals surface area contributed by atoms with Gasteiger partial charge in [-0.3, -0.25) is 9.69 Å². The van der Waals surface area contributed by atoms with Gasteiger partial charge in [0.2, 0.25) is 6.43 Å². The average Bonchev–Trinajstić information content (AvgIpc) is 3.31. The van der Waals surface area contributed by atoms with Crippen LogP contribution in [0.4, 0.5) is 47.0 Å². The molecule has 2 saturated heterocycles. The third-order valence-electron chi connectivity index (χ3n) is 9.01. The second-order valence-corrected chi connectivity index (χ2v) is 11.9. The summed E-state index contributed by atoms with van der Waals surface area (Å²) < 4.78 is 106. The highest BCUT2D eigenvalue weighted by molar-refractivity contribution is 6.03. The molecule has 2 aromatic rings. The molecule has 2 aliphatic heterocycles. The number of rotatable bonds is 7. The molecule has 1 aliphatic carbocycles. The largest absolute Gasteiger partial charge is 0.497 e. The minimum Gasteiger partial charge on any atom is -0.497 e. The van der Waals surface area contributed by atoms with Gasteiger partial charge < -0.3 is 25.2 Å². The minimum atomic E-state index is -4.96. The zero-order valence-corrected chi connectivity index (χ0v) is 25.2. The van der Waals surface area contributed by atoms with E-state index in [1.807, 2.05) is 11.9 Å². The predicted molar refractivity (Wildman–Crippen MR) is 154 cm³/mol. The molecule has 0 spiro atoms. The van der Waals surface area contributed by atoms with Gasteiger partial charge in [-0.2, -0.15) is 13.2 Å². The van der Waals surface area contributed by atoms with Crippen LogP contribution < -0.4 is 25.2 Å². The van der Waals surface area contributed by atoms with Crippen LogP contribution in [-0.2, 0) is 11.0 Å². The van der Waals surface area contributed by atoms with Crippen LogP contribution in [0.1, 0.15) is 42.7 Å². The van der Waals surface area contributed by atoms with E-state index in [4.69, 9.17) is 4.74 Å². The van der Waals surface area contributed by atoms with Crippen molar-refractivity contribution in [2.75, 3.05) is 56.7 Å². The number of likely N-dealkylation sites (N-methyl/N-ethyl adjacent to an activating group) is 1. The van der Waals surface area contributed by atoms with E-state index in [1.165, 1.54) is 13.2 Å². The first-order valence-electron chi connectivity index (χ1n) is 15.0. The zero-order chi connectivity index (χ0) is 33.3. The first-order chi connectivity index (χ1) is 21.8. The lowest BCUT2D eigenvalue weighted by molar-refractivity contribution is -0.136. The van der Waals surface area contributed by atoms with Crippen LogP contribution in [0, 0.1) is 17.6 Å². The van der Waals surface area contributed by atoms with Crippen molar-refractivity contribution in [3.63, 3.8) is 0 Å². The third kappa shape index (κ3) is 6.95. The molecule has 3 amide bonds. The molecule has 1 unspecified atom stereocenters. The molecule has 1 aromatic carbocycles. The minimum absolute atomic E-state index is 0.164. The summed E-state index contributed by atoms with van der Waals surface area (Å²) in [7, 11) is 3.04. The van der Waals surface area contributed by atoms with Gasteiger partial charge >= 0.3 is 12.2 Å². The molecule has 1 aromatic heterocycles. The number of halogens is 7. The number of aromatic nitrogens is 1. The number of piperazine rings is 1. The molecule has 252 valence electrons. The summed E-state index contributed by atoms with van der Waals surface area (Å²) in [4.78, 5) is 35.1. The highest BCUT2D eigenvalue weighted by Crippen LogP contribution is 2.45. The number of pyridine rings is 1. The van der Waals surface area contributed by atoms with Crippen molar-refractivity contribution in [1.29, 1.82) is 0 Å². The van der Waals surface area contributed by atoms with Gasteiger partial charge in [-0.1, -0.05) is 0 Å². The normalized spacial score (nSPS) is 24.4. The van der Waals surface area contributed by atoms with E-state index in [2.05, 4.69) is 15.6 Å². The van der Waals surface area contributed by atoms with Crippen LogP contribution in [-0.4, -0.2) is 87.2 Å². The Kier molecular flexibility index (Phi) is 9.84. The Morgan fingerprint density at radius 1 is 1.02 bits per heavy atom. The molecule has 0 bridgehead atoms. The fraction of sp³-hybridized carbons (Fsp3) is 0.567. The monoisotopic (exact) mass is 660 g/mol. The quantitative estimate of drug-likeness (QED) is 0.417. The Labute approximate surface area is 261 Å². The molecule has 2 atom stereocenters. The summed E-state index contributed by atoms with van der Waals surface area (Å²) in [5, 5.41) is 5.02.